The van der Waals surface area contributed by atoms with Crippen LogP contribution in [0.15, 0.2) is 91.3 Å². The van der Waals surface area contributed by atoms with Crippen molar-refractivity contribution in [3.05, 3.63) is 142 Å². The minimum Gasteiger partial charge on any atom is -0.494 e. The molecule has 0 aliphatic carbocycles. The summed E-state index contributed by atoms with van der Waals surface area (Å²) in [5, 5.41) is 6.91. The average Bonchev–Trinajstić information content (AvgIpc) is 3.10. The molecule has 0 bridgehead atoms. The Morgan fingerprint density at radius 2 is 1.73 bits per heavy atom. The quantitative estimate of drug-likeness (QED) is 0.131. The van der Waals surface area contributed by atoms with Gasteiger partial charge >= 0.3 is 0 Å². The van der Waals surface area contributed by atoms with Crippen molar-refractivity contribution in [2.45, 2.75) is 59.7 Å². The molecular weight excluding hydrogens is 618 g/mol. The Morgan fingerprint density at radius 1 is 0.959 bits per heavy atom. The van der Waals surface area contributed by atoms with E-state index < -0.39 is 11.6 Å². The number of hydrogen-bond donors (Lipinski definition) is 2. The lowest BCUT2D eigenvalue weighted by molar-refractivity contribution is 0.241. The fraction of sp³-hybridized carbons (Fsp3) is 0.275. The Morgan fingerprint density at radius 3 is 2.49 bits per heavy atom. The topological polar surface area (TPSA) is 75.2 Å². The van der Waals surface area contributed by atoms with Crippen LogP contribution < -0.4 is 15.4 Å². The lowest BCUT2D eigenvalue weighted by Gasteiger charge is -2.30. The number of nitrogens with one attached hydrogen (secondary N) is 2. The van der Waals surface area contributed by atoms with Crippen molar-refractivity contribution in [2.75, 3.05) is 23.8 Å². The smallest absolute Gasteiger partial charge is 0.162 e. The Labute approximate surface area is 287 Å². The number of pyridine rings is 1. The van der Waals surface area contributed by atoms with Crippen LogP contribution >= 0.6 is 0 Å². The Hall–Kier alpha value is -5.15. The first-order valence-electron chi connectivity index (χ1n) is 16.9. The van der Waals surface area contributed by atoms with Crippen LogP contribution in [0.1, 0.15) is 66.0 Å². The second-order valence-electron chi connectivity index (χ2n) is 12.2. The fourth-order valence-electron chi connectivity index (χ4n) is 6.09. The van der Waals surface area contributed by atoms with Gasteiger partial charge in [0.2, 0.25) is 0 Å². The Kier molecular flexibility index (Phi) is 10.9. The van der Waals surface area contributed by atoms with Gasteiger partial charge in [0.15, 0.2) is 5.82 Å². The fourth-order valence-corrected chi connectivity index (χ4v) is 6.09. The monoisotopic (exact) mass is 660 g/mol. The number of benzene rings is 3. The number of hydrogen-bond acceptors (Lipinski definition) is 7. The molecule has 0 unspecified atom stereocenters. The summed E-state index contributed by atoms with van der Waals surface area (Å²) in [6, 6.07) is 22.7. The predicted molar refractivity (Wildman–Crippen MR) is 192 cm³/mol. The summed E-state index contributed by atoms with van der Waals surface area (Å²) in [7, 11) is 0. The summed E-state index contributed by atoms with van der Waals surface area (Å²) in [5.41, 5.74) is 7.68. The molecule has 7 nitrogen and oxygen atoms in total. The van der Waals surface area contributed by atoms with E-state index >= 15 is 8.78 Å². The van der Waals surface area contributed by atoms with Crippen LogP contribution in [0, 0.1) is 18.6 Å². The van der Waals surface area contributed by atoms with Crippen LogP contribution in [0.3, 0.4) is 0 Å². The molecule has 1 aliphatic rings. The van der Waals surface area contributed by atoms with E-state index in [9.17, 15) is 0 Å². The van der Waals surface area contributed by atoms with E-state index in [0.29, 0.717) is 19.0 Å². The number of ether oxygens (including phenoxy) is 1. The number of anilines is 3. The number of aromatic nitrogens is 3. The zero-order valence-corrected chi connectivity index (χ0v) is 28.3. The molecule has 0 amide bonds. The van der Waals surface area contributed by atoms with Crippen LogP contribution in [0.25, 0.3) is 5.57 Å². The number of nitrogens with zero attached hydrogens (tertiary/aromatic N) is 4. The number of aryl methyl sites for hydroxylation is 1. The van der Waals surface area contributed by atoms with Crippen LogP contribution in [0.2, 0.25) is 0 Å². The number of rotatable bonds is 13. The van der Waals surface area contributed by atoms with E-state index in [1.165, 1.54) is 17.7 Å². The first-order valence-corrected chi connectivity index (χ1v) is 16.9. The summed E-state index contributed by atoms with van der Waals surface area (Å²) in [5.74, 6) is 0.228. The molecule has 1 aliphatic heterocycles. The van der Waals surface area contributed by atoms with Crippen LogP contribution in [-0.4, -0.2) is 33.0 Å². The lowest BCUT2D eigenvalue weighted by atomic mass is 9.99. The van der Waals surface area contributed by atoms with E-state index in [1.54, 1.807) is 13.1 Å². The molecule has 0 spiro atoms. The Bertz CT molecular complexity index is 1910. The highest BCUT2D eigenvalue weighted by Gasteiger charge is 2.25. The average molecular weight is 661 g/mol. The summed E-state index contributed by atoms with van der Waals surface area (Å²) >= 11 is 0. The van der Waals surface area contributed by atoms with E-state index in [-0.39, 0.29) is 17.9 Å². The molecule has 9 heteroatoms. The molecule has 3 heterocycles. The summed E-state index contributed by atoms with van der Waals surface area (Å²) in [4.78, 5) is 17.1. The molecule has 2 N–H and O–H groups in total. The van der Waals surface area contributed by atoms with Gasteiger partial charge in [-0.15, -0.1) is 0 Å². The van der Waals surface area contributed by atoms with Crippen molar-refractivity contribution in [1.29, 1.82) is 0 Å². The summed E-state index contributed by atoms with van der Waals surface area (Å²) in [6.07, 6.45) is 8.31. The summed E-state index contributed by atoms with van der Waals surface area (Å²) in [6.45, 7) is 8.61. The third-order valence-corrected chi connectivity index (χ3v) is 8.64. The highest BCUT2D eigenvalue weighted by atomic mass is 19.1. The molecule has 0 fully saturated rings. The standard InChI is InChI=1S/C40H42F2N6O/c1-4-6-14-31(30-15-10-11-16-37(30)44-24-33-34(41)21-29(49-5-2)22-35(33)42)39-46-38-26-48(25-28-12-8-7-9-13-28)20-18-32(38)40(47-39)45-36-17-19-43-23-27(36)3/h7-17,19,21-23,44H,4-6,18,20,24-26H2,1-3H3,(H,43,45,46,47). The first kappa shape index (κ1) is 33.7. The van der Waals surface area contributed by atoms with Gasteiger partial charge in [0.05, 0.1) is 12.3 Å². The molecule has 6 rings (SSSR count). The van der Waals surface area contributed by atoms with Gasteiger partial charge in [-0.1, -0.05) is 68.0 Å². The van der Waals surface area contributed by atoms with Gasteiger partial charge in [-0.25, -0.2) is 18.7 Å². The van der Waals surface area contributed by atoms with Gasteiger partial charge in [-0.3, -0.25) is 9.88 Å². The molecule has 0 saturated carbocycles. The van der Waals surface area contributed by atoms with E-state index in [1.807, 2.05) is 49.5 Å². The van der Waals surface area contributed by atoms with E-state index in [2.05, 4.69) is 57.8 Å². The second-order valence-corrected chi connectivity index (χ2v) is 12.2. The van der Waals surface area contributed by atoms with Crippen molar-refractivity contribution >= 4 is 22.8 Å². The highest BCUT2D eigenvalue weighted by molar-refractivity contribution is 5.84. The van der Waals surface area contributed by atoms with Crippen LogP contribution in [0.5, 0.6) is 5.75 Å². The zero-order valence-electron chi connectivity index (χ0n) is 28.3. The van der Waals surface area contributed by atoms with Crippen molar-refractivity contribution < 1.29 is 13.5 Å². The third-order valence-electron chi connectivity index (χ3n) is 8.64. The minimum absolute atomic E-state index is 0.0459. The molecule has 3 aromatic carbocycles. The molecule has 49 heavy (non-hydrogen) atoms. The molecule has 0 atom stereocenters. The van der Waals surface area contributed by atoms with Gasteiger partial charge in [0.25, 0.3) is 0 Å². The molecule has 0 radical (unpaired) electrons. The third kappa shape index (κ3) is 8.12. The number of allylic oxidation sites excluding steroid dienone is 1. The largest absolute Gasteiger partial charge is 0.494 e. The van der Waals surface area contributed by atoms with E-state index in [4.69, 9.17) is 14.7 Å². The maximum atomic E-state index is 15.0. The van der Waals surface area contributed by atoms with Gasteiger partial charge < -0.3 is 15.4 Å². The zero-order chi connectivity index (χ0) is 34.2. The number of halogens is 2. The van der Waals surface area contributed by atoms with Gasteiger partial charge in [-0.05, 0) is 49.9 Å². The van der Waals surface area contributed by atoms with Crippen LogP contribution in [0.4, 0.5) is 26.0 Å². The number of para-hydroxylation sites is 1. The molecular formula is C40H42F2N6O. The normalized spacial score (nSPS) is 13.2. The molecule has 5 aromatic rings. The second kappa shape index (κ2) is 15.8. The number of fused-ring (bicyclic) bond motifs is 1. The summed E-state index contributed by atoms with van der Waals surface area (Å²) < 4.78 is 35.3. The maximum absolute atomic E-state index is 15.0. The van der Waals surface area contributed by atoms with Gasteiger partial charge in [0, 0.05) is 84.3 Å². The van der Waals surface area contributed by atoms with Crippen molar-refractivity contribution in [2.24, 2.45) is 0 Å². The molecule has 0 saturated heterocycles. The highest BCUT2D eigenvalue weighted by Crippen LogP contribution is 2.34. The Balaban J connectivity index is 1.38. The predicted octanol–water partition coefficient (Wildman–Crippen LogP) is 9.00. The molecule has 2 aromatic heterocycles. The van der Waals surface area contributed by atoms with E-state index in [0.717, 1.165) is 77.5 Å². The SMILES string of the molecule is CCCC=C(c1nc2c(c(Nc3ccncc3C)n1)CCN(Cc1ccccc1)C2)c1ccccc1NCc1c(F)cc(OCC)cc1F. The van der Waals surface area contributed by atoms with Crippen LogP contribution in [-0.2, 0) is 26.1 Å². The van der Waals surface area contributed by atoms with Gasteiger partial charge in [0.1, 0.15) is 23.2 Å². The van der Waals surface area contributed by atoms with Crippen molar-refractivity contribution in [3.63, 3.8) is 0 Å². The number of unbranched alkanes of at least 4 members (excludes halogenated alkanes) is 1. The van der Waals surface area contributed by atoms with Crippen molar-refractivity contribution in [3.8, 4) is 5.75 Å². The minimum atomic E-state index is -0.657. The lowest BCUT2D eigenvalue weighted by Crippen LogP contribution is -2.32. The maximum Gasteiger partial charge on any atom is 0.162 e. The van der Waals surface area contributed by atoms with Gasteiger partial charge in [-0.2, -0.15) is 0 Å². The molecule has 252 valence electrons. The van der Waals surface area contributed by atoms with Crippen molar-refractivity contribution in [1.82, 2.24) is 19.9 Å². The first-order chi connectivity index (χ1) is 23.9.